The molecule has 1 saturated heterocycles. The Labute approximate surface area is 134 Å². The molecule has 7 heteroatoms. The number of hydrogen-bond acceptors (Lipinski definition) is 5. The van der Waals surface area contributed by atoms with Gasteiger partial charge in [-0.3, -0.25) is 4.79 Å². The van der Waals surface area contributed by atoms with Crippen LogP contribution in [0.2, 0.25) is 0 Å². The zero-order chi connectivity index (χ0) is 16.2. The van der Waals surface area contributed by atoms with E-state index in [4.69, 9.17) is 0 Å². The van der Waals surface area contributed by atoms with Gasteiger partial charge in [0, 0.05) is 37.9 Å². The molecular formula is C16H18FN5O. The van der Waals surface area contributed by atoms with Crippen LogP contribution in [0.1, 0.15) is 5.82 Å². The predicted octanol–water partition coefficient (Wildman–Crippen LogP) is 1.95. The van der Waals surface area contributed by atoms with E-state index < -0.39 is 0 Å². The number of benzene rings is 1. The van der Waals surface area contributed by atoms with Gasteiger partial charge in [0.1, 0.15) is 23.3 Å². The Kier molecular flexibility index (Phi) is 4.36. The predicted molar refractivity (Wildman–Crippen MR) is 86.3 cm³/mol. The first-order valence-corrected chi connectivity index (χ1v) is 7.46. The molecule has 0 aliphatic carbocycles. The number of nitrogens with zero attached hydrogens (tertiary/aromatic N) is 4. The number of halogens is 1. The summed E-state index contributed by atoms with van der Waals surface area (Å²) in [6.45, 7) is 4.64. The molecule has 0 bridgehead atoms. The second kappa shape index (κ2) is 6.60. The molecule has 2 aromatic rings. The van der Waals surface area contributed by atoms with Crippen LogP contribution >= 0.6 is 0 Å². The van der Waals surface area contributed by atoms with Crippen LogP contribution in [0.3, 0.4) is 0 Å². The van der Waals surface area contributed by atoms with Crippen molar-refractivity contribution in [1.82, 2.24) is 14.9 Å². The average molecular weight is 315 g/mol. The van der Waals surface area contributed by atoms with Crippen molar-refractivity contribution in [1.29, 1.82) is 0 Å². The standard InChI is InChI=1S/C16H18FN5O/c1-12-18-15(20-14-4-2-3-13(17)9-14)10-16(19-12)22-7-5-21(11-23)6-8-22/h2-4,9-11H,5-8H2,1H3,(H,18,19,20). The number of hydrogen-bond donors (Lipinski definition) is 1. The summed E-state index contributed by atoms with van der Waals surface area (Å²) < 4.78 is 13.3. The fourth-order valence-corrected chi connectivity index (χ4v) is 2.55. The van der Waals surface area contributed by atoms with E-state index in [9.17, 15) is 9.18 Å². The second-order valence-electron chi connectivity index (χ2n) is 5.42. The maximum absolute atomic E-state index is 13.3. The quantitative estimate of drug-likeness (QED) is 0.874. The molecule has 1 aliphatic heterocycles. The fraction of sp³-hybridized carbons (Fsp3) is 0.312. The highest BCUT2D eigenvalue weighted by molar-refractivity contribution is 5.60. The van der Waals surface area contributed by atoms with Gasteiger partial charge in [-0.2, -0.15) is 0 Å². The maximum Gasteiger partial charge on any atom is 0.209 e. The maximum atomic E-state index is 13.3. The highest BCUT2D eigenvalue weighted by atomic mass is 19.1. The Hall–Kier alpha value is -2.70. The van der Waals surface area contributed by atoms with Crippen LogP contribution in [-0.2, 0) is 4.79 Å². The normalized spacial score (nSPS) is 14.7. The van der Waals surface area contributed by atoms with Crippen molar-refractivity contribution in [3.05, 3.63) is 42.0 Å². The smallest absolute Gasteiger partial charge is 0.209 e. The van der Waals surface area contributed by atoms with Gasteiger partial charge < -0.3 is 15.1 Å². The first kappa shape index (κ1) is 15.2. The number of nitrogens with one attached hydrogen (secondary N) is 1. The number of rotatable bonds is 4. The molecule has 0 unspecified atom stereocenters. The van der Waals surface area contributed by atoms with Gasteiger partial charge in [0.25, 0.3) is 0 Å². The summed E-state index contributed by atoms with van der Waals surface area (Å²) in [4.78, 5) is 23.5. The van der Waals surface area contributed by atoms with E-state index in [0.29, 0.717) is 30.4 Å². The molecule has 1 aromatic carbocycles. The molecule has 0 saturated carbocycles. The topological polar surface area (TPSA) is 61.4 Å². The van der Waals surface area contributed by atoms with E-state index in [1.165, 1.54) is 12.1 Å². The molecule has 0 spiro atoms. The molecule has 120 valence electrons. The zero-order valence-corrected chi connectivity index (χ0v) is 12.9. The molecule has 0 atom stereocenters. The summed E-state index contributed by atoms with van der Waals surface area (Å²) >= 11 is 0. The summed E-state index contributed by atoms with van der Waals surface area (Å²) in [5, 5.41) is 3.10. The molecule has 0 radical (unpaired) electrons. The Balaban J connectivity index is 1.78. The molecule has 3 rings (SSSR count). The van der Waals surface area contributed by atoms with E-state index in [2.05, 4.69) is 20.2 Å². The molecule has 1 aliphatic rings. The molecule has 2 heterocycles. The minimum Gasteiger partial charge on any atom is -0.353 e. The highest BCUT2D eigenvalue weighted by Crippen LogP contribution is 2.21. The second-order valence-corrected chi connectivity index (χ2v) is 5.42. The van der Waals surface area contributed by atoms with Crippen LogP contribution in [0.15, 0.2) is 30.3 Å². The summed E-state index contributed by atoms with van der Waals surface area (Å²) in [6, 6.07) is 8.08. The zero-order valence-electron chi connectivity index (χ0n) is 12.9. The van der Waals surface area contributed by atoms with Crippen molar-refractivity contribution in [2.75, 3.05) is 36.4 Å². The molecule has 23 heavy (non-hydrogen) atoms. The minimum atomic E-state index is -0.300. The third-order valence-electron chi connectivity index (χ3n) is 3.71. The molecule has 1 fully saturated rings. The van der Waals surface area contributed by atoms with Gasteiger partial charge in [-0.05, 0) is 25.1 Å². The monoisotopic (exact) mass is 315 g/mol. The SMILES string of the molecule is Cc1nc(Nc2cccc(F)c2)cc(N2CCN(C=O)CC2)n1. The number of aryl methyl sites for hydroxylation is 1. The summed E-state index contributed by atoms with van der Waals surface area (Å²) in [5.41, 5.74) is 0.639. The van der Waals surface area contributed by atoms with Crippen LogP contribution in [0, 0.1) is 12.7 Å². The average Bonchev–Trinajstić information content (AvgIpc) is 2.54. The van der Waals surface area contributed by atoms with Gasteiger partial charge >= 0.3 is 0 Å². The molecule has 1 N–H and O–H groups in total. The number of piperazine rings is 1. The van der Waals surface area contributed by atoms with Crippen LogP contribution in [0.25, 0.3) is 0 Å². The minimum absolute atomic E-state index is 0.300. The van der Waals surface area contributed by atoms with Gasteiger partial charge in [0.05, 0.1) is 0 Å². The lowest BCUT2D eigenvalue weighted by molar-refractivity contribution is -0.118. The third kappa shape index (κ3) is 3.74. The van der Waals surface area contributed by atoms with Crippen LogP contribution in [-0.4, -0.2) is 47.5 Å². The summed E-state index contributed by atoms with van der Waals surface area (Å²) in [6.07, 6.45) is 0.875. The van der Waals surface area contributed by atoms with E-state index in [1.54, 1.807) is 17.0 Å². The molecular weight excluding hydrogens is 297 g/mol. The van der Waals surface area contributed by atoms with Gasteiger partial charge in [-0.1, -0.05) is 6.07 Å². The first-order valence-electron chi connectivity index (χ1n) is 7.46. The number of anilines is 3. The molecule has 1 aromatic heterocycles. The number of carbonyl (C=O) groups is 1. The van der Waals surface area contributed by atoms with E-state index in [-0.39, 0.29) is 5.82 Å². The fourth-order valence-electron chi connectivity index (χ4n) is 2.55. The Morgan fingerprint density at radius 3 is 2.65 bits per heavy atom. The first-order chi connectivity index (χ1) is 11.1. The van der Waals surface area contributed by atoms with Crippen LogP contribution in [0.5, 0.6) is 0 Å². The Morgan fingerprint density at radius 2 is 1.96 bits per heavy atom. The van der Waals surface area contributed by atoms with Gasteiger partial charge in [-0.25, -0.2) is 14.4 Å². The van der Waals surface area contributed by atoms with E-state index in [0.717, 1.165) is 25.3 Å². The lowest BCUT2D eigenvalue weighted by atomic mass is 10.3. The van der Waals surface area contributed by atoms with Gasteiger partial charge in [0.15, 0.2) is 0 Å². The van der Waals surface area contributed by atoms with Crippen molar-refractivity contribution >= 4 is 23.7 Å². The van der Waals surface area contributed by atoms with E-state index >= 15 is 0 Å². The van der Waals surface area contributed by atoms with Gasteiger partial charge in [-0.15, -0.1) is 0 Å². The van der Waals surface area contributed by atoms with Crippen molar-refractivity contribution in [3.8, 4) is 0 Å². The lowest BCUT2D eigenvalue weighted by Crippen LogP contribution is -2.46. The van der Waals surface area contributed by atoms with Crippen molar-refractivity contribution < 1.29 is 9.18 Å². The van der Waals surface area contributed by atoms with Gasteiger partial charge in [0.2, 0.25) is 6.41 Å². The number of amides is 1. The van der Waals surface area contributed by atoms with E-state index in [1.807, 2.05) is 13.0 Å². The van der Waals surface area contributed by atoms with Crippen LogP contribution < -0.4 is 10.2 Å². The molecule has 6 nitrogen and oxygen atoms in total. The lowest BCUT2D eigenvalue weighted by Gasteiger charge is -2.33. The highest BCUT2D eigenvalue weighted by Gasteiger charge is 2.17. The Bertz CT molecular complexity index is 701. The molecule has 1 amide bonds. The largest absolute Gasteiger partial charge is 0.353 e. The Morgan fingerprint density at radius 1 is 1.17 bits per heavy atom. The summed E-state index contributed by atoms with van der Waals surface area (Å²) in [5.74, 6) is 1.77. The van der Waals surface area contributed by atoms with Crippen molar-refractivity contribution in [3.63, 3.8) is 0 Å². The van der Waals surface area contributed by atoms with Crippen molar-refractivity contribution in [2.45, 2.75) is 6.92 Å². The summed E-state index contributed by atoms with van der Waals surface area (Å²) in [7, 11) is 0. The van der Waals surface area contributed by atoms with Crippen LogP contribution in [0.4, 0.5) is 21.7 Å². The van der Waals surface area contributed by atoms with Crippen molar-refractivity contribution in [2.24, 2.45) is 0 Å². The number of aromatic nitrogens is 2. The number of carbonyl (C=O) groups excluding carboxylic acids is 1. The third-order valence-corrected chi connectivity index (χ3v) is 3.71.